The fourth-order valence-corrected chi connectivity index (χ4v) is 10.4. The summed E-state index contributed by atoms with van der Waals surface area (Å²) in [7, 11) is 0. The Morgan fingerprint density at radius 1 is 0.325 bits per heavy atom. The van der Waals surface area contributed by atoms with Crippen molar-refractivity contribution in [3.63, 3.8) is 0 Å². The third-order valence-electron chi connectivity index (χ3n) is 14.0. The number of para-hydroxylation sites is 2. The predicted molar refractivity (Wildman–Crippen MR) is 283 cm³/mol. The van der Waals surface area contributed by atoms with E-state index < -0.39 is 47.0 Å². The minimum atomic E-state index is -5.11. The van der Waals surface area contributed by atoms with Gasteiger partial charge in [0, 0.05) is 32.7 Å². The summed E-state index contributed by atoms with van der Waals surface area (Å²) < 4.78 is 174. The van der Waals surface area contributed by atoms with Gasteiger partial charge in [0.2, 0.25) is 0 Å². The van der Waals surface area contributed by atoms with Crippen molar-refractivity contribution < 1.29 is 52.7 Å². The zero-order chi connectivity index (χ0) is 56.0. The highest BCUT2D eigenvalue weighted by Crippen LogP contribution is 2.46. The molecule has 3 aromatic heterocycles. The number of rotatable bonds is 7. The number of hydrogen-bond donors (Lipinski definition) is 0. The van der Waals surface area contributed by atoms with Gasteiger partial charge in [0.05, 0.1) is 84.3 Å². The Morgan fingerprint density at radius 2 is 0.675 bits per heavy atom. The van der Waals surface area contributed by atoms with Crippen LogP contribution in [0, 0.1) is 11.3 Å². The Bertz CT molecular complexity index is 4150. The maximum Gasteiger partial charge on any atom is 0.416 e. The second-order valence-electron chi connectivity index (χ2n) is 19.0. The first-order valence-corrected chi connectivity index (χ1v) is 24.4. The average Bonchev–Trinajstić information content (AvgIpc) is 3.34. The monoisotopic (exact) mass is 1090 g/mol. The van der Waals surface area contributed by atoms with Crippen molar-refractivity contribution in [3.8, 4) is 73.6 Å². The number of fused-ring (bicyclic) bond motifs is 6. The molecule has 0 fully saturated rings. The summed E-state index contributed by atoms with van der Waals surface area (Å²) in [6.07, 6.45) is -20.5. The van der Waals surface area contributed by atoms with Gasteiger partial charge < -0.3 is 9.13 Å². The normalized spacial score (nSPS) is 12.5. The van der Waals surface area contributed by atoms with E-state index in [9.17, 15) is 57.9 Å². The molecule has 0 saturated heterocycles. The number of hydrogen-bond acceptors (Lipinski definition) is 3. The smallest absolute Gasteiger partial charge is 0.308 e. The zero-order valence-electron chi connectivity index (χ0n) is 40.8. The minimum Gasteiger partial charge on any atom is -0.308 e. The molecule has 12 aromatic rings. The van der Waals surface area contributed by atoms with E-state index in [1.807, 2.05) is 66.7 Å². The van der Waals surface area contributed by atoms with Crippen LogP contribution in [0.3, 0.4) is 0 Å². The van der Waals surface area contributed by atoms with Crippen LogP contribution in [-0.2, 0) is 24.7 Å². The van der Waals surface area contributed by atoms with E-state index in [2.05, 4.69) is 6.07 Å². The molecule has 0 bridgehead atoms. The van der Waals surface area contributed by atoms with Crippen LogP contribution in [0.5, 0.6) is 0 Å². The average molecular weight is 1090 g/mol. The number of alkyl halides is 12. The Labute approximate surface area is 445 Å². The highest BCUT2D eigenvalue weighted by molar-refractivity contribution is 6.13. The van der Waals surface area contributed by atoms with Gasteiger partial charge in [-0.3, -0.25) is 0 Å². The Balaban J connectivity index is 1.19. The maximum absolute atomic E-state index is 14.2. The van der Waals surface area contributed by atoms with Gasteiger partial charge >= 0.3 is 24.7 Å². The van der Waals surface area contributed by atoms with Crippen molar-refractivity contribution in [2.24, 2.45) is 0 Å². The van der Waals surface area contributed by atoms with Crippen molar-refractivity contribution in [2.45, 2.75) is 24.7 Å². The van der Waals surface area contributed by atoms with Crippen molar-refractivity contribution in [1.82, 2.24) is 19.1 Å². The van der Waals surface area contributed by atoms with E-state index in [-0.39, 0.29) is 45.8 Å². The maximum atomic E-state index is 14.2. The lowest BCUT2D eigenvalue weighted by molar-refractivity contribution is -0.144. The van der Waals surface area contributed by atoms with E-state index in [1.165, 1.54) is 24.3 Å². The van der Waals surface area contributed by atoms with Crippen LogP contribution in [0.15, 0.2) is 200 Å². The summed E-state index contributed by atoms with van der Waals surface area (Å²) in [5.74, 6) is 0.122. The molecule has 0 N–H and O–H groups in total. The SMILES string of the molecule is N#Cc1cc(-n2c3ccccc3c3cc(-c4cc(C(F)(F)F)cc(C(F)(F)F)c4)ccc32)c(-c2nc(-c3ccccc3)cc(-c3ccccc3)n2)c(-n2c3ccccc3c3cc(-c4cc(C(F)(F)F)cc(C(F)(F)F)c4)ccc32)c1. The largest absolute Gasteiger partial charge is 0.416 e. The molecule has 12 rings (SSSR count). The van der Waals surface area contributed by atoms with Crippen molar-refractivity contribution in [1.29, 1.82) is 5.26 Å². The first-order valence-electron chi connectivity index (χ1n) is 24.4. The molecule has 3 heterocycles. The first-order chi connectivity index (χ1) is 38.1. The molecule has 17 heteroatoms. The summed E-state index contributed by atoms with van der Waals surface area (Å²) >= 11 is 0. The van der Waals surface area contributed by atoms with Gasteiger partial charge in [-0.1, -0.05) is 109 Å². The van der Waals surface area contributed by atoms with Gasteiger partial charge in [-0.2, -0.15) is 57.9 Å². The van der Waals surface area contributed by atoms with E-state index >= 15 is 0 Å². The molecule has 0 saturated carbocycles. The number of nitrogens with zero attached hydrogens (tertiary/aromatic N) is 5. The second kappa shape index (κ2) is 18.8. The van der Waals surface area contributed by atoms with Crippen molar-refractivity contribution in [3.05, 3.63) is 228 Å². The lowest BCUT2D eigenvalue weighted by Gasteiger charge is -2.21. The third kappa shape index (κ3) is 9.11. The van der Waals surface area contributed by atoms with Gasteiger partial charge in [-0.05, 0) is 113 Å². The summed E-state index contributed by atoms with van der Waals surface area (Å²) in [5.41, 5.74) is -1.40. The second-order valence-corrected chi connectivity index (χ2v) is 19.0. The molecule has 0 amide bonds. The van der Waals surface area contributed by atoms with Crippen LogP contribution in [0.1, 0.15) is 27.8 Å². The van der Waals surface area contributed by atoms with Crippen molar-refractivity contribution >= 4 is 43.6 Å². The molecule has 0 unspecified atom stereocenters. The van der Waals surface area contributed by atoms with Gasteiger partial charge in [0.25, 0.3) is 0 Å². The molecule has 0 radical (unpaired) electrons. The van der Waals surface area contributed by atoms with Crippen LogP contribution in [0.25, 0.3) is 111 Å². The van der Waals surface area contributed by atoms with E-state index in [0.717, 1.165) is 0 Å². The van der Waals surface area contributed by atoms with Crippen LogP contribution in [0.2, 0.25) is 0 Å². The van der Waals surface area contributed by atoms with Crippen LogP contribution in [-0.4, -0.2) is 19.1 Å². The molecule has 0 aliphatic heterocycles. The number of halogens is 12. The summed E-state index contributed by atoms with van der Waals surface area (Å²) in [4.78, 5) is 10.5. The fourth-order valence-electron chi connectivity index (χ4n) is 10.4. The van der Waals surface area contributed by atoms with Crippen LogP contribution >= 0.6 is 0 Å². The molecular formula is C63H33F12N5. The van der Waals surface area contributed by atoms with Gasteiger partial charge in [0.1, 0.15) is 0 Å². The molecule has 5 nitrogen and oxygen atoms in total. The van der Waals surface area contributed by atoms with Gasteiger partial charge in [-0.25, -0.2) is 9.97 Å². The minimum absolute atomic E-state index is 0.0412. The van der Waals surface area contributed by atoms with E-state index in [1.54, 1.807) is 81.9 Å². The van der Waals surface area contributed by atoms with E-state index in [4.69, 9.17) is 9.97 Å². The number of aromatic nitrogens is 4. The molecule has 80 heavy (non-hydrogen) atoms. The van der Waals surface area contributed by atoms with Crippen LogP contribution < -0.4 is 0 Å². The summed E-state index contributed by atoms with van der Waals surface area (Å²) in [5, 5.41) is 12.9. The quantitative estimate of drug-likeness (QED) is 0.149. The number of nitriles is 1. The lowest BCUT2D eigenvalue weighted by Crippen LogP contribution is -2.11. The van der Waals surface area contributed by atoms with E-state index in [0.29, 0.717) is 107 Å². The zero-order valence-corrected chi connectivity index (χ0v) is 40.8. The standard InChI is InChI=1S/C63H33F12N5/c64-60(65,66)42-25-40(26-43(31-42)61(67,68)69)38-19-21-54-48(29-38)46-15-7-9-17-52(46)79(54)56-23-35(34-76)24-57(58(56)59-77-50(36-11-3-1-4-12-36)33-51(78-59)37-13-5-2-6-14-37)80-53-18-10-8-16-47(53)49-30-39(20-22-55(49)80)41-27-44(62(70,71)72)32-45(28-41)63(73,74)75/h1-33H. The molecule has 0 aliphatic rings. The molecular weight excluding hydrogens is 1050 g/mol. The van der Waals surface area contributed by atoms with Crippen LogP contribution in [0.4, 0.5) is 52.7 Å². The fraction of sp³-hybridized carbons (Fsp3) is 0.0635. The molecule has 9 aromatic carbocycles. The topological polar surface area (TPSA) is 59.4 Å². The Hall–Kier alpha value is -9.69. The highest BCUT2D eigenvalue weighted by atomic mass is 19.4. The third-order valence-corrected chi connectivity index (χ3v) is 14.0. The summed E-state index contributed by atoms with van der Waals surface area (Å²) in [6.45, 7) is 0. The number of benzene rings is 9. The van der Waals surface area contributed by atoms with Gasteiger partial charge in [0.15, 0.2) is 5.82 Å². The summed E-state index contributed by atoms with van der Waals surface area (Å²) in [6, 6.07) is 51.4. The molecule has 394 valence electrons. The van der Waals surface area contributed by atoms with Gasteiger partial charge in [-0.15, -0.1) is 0 Å². The Kier molecular flexibility index (Phi) is 12.0. The lowest BCUT2D eigenvalue weighted by atomic mass is 9.97. The molecule has 0 spiro atoms. The van der Waals surface area contributed by atoms with Crippen molar-refractivity contribution in [2.75, 3.05) is 0 Å². The first kappa shape index (κ1) is 51.1. The predicted octanol–water partition coefficient (Wildman–Crippen LogP) is 19.0. The highest BCUT2D eigenvalue weighted by Gasteiger charge is 2.39. The Morgan fingerprint density at radius 3 is 1.04 bits per heavy atom. The molecule has 0 atom stereocenters. The molecule has 0 aliphatic carbocycles.